The van der Waals surface area contributed by atoms with Crippen LogP contribution in [-0.4, -0.2) is 5.11 Å². The lowest BCUT2D eigenvalue weighted by molar-refractivity contribution is 0.334. The Balaban J connectivity index is 2.14. The fraction of sp³-hybridized carbons (Fsp3) is 0.389. The summed E-state index contributed by atoms with van der Waals surface area (Å²) in [5.41, 5.74) is 0.922. The van der Waals surface area contributed by atoms with Crippen molar-refractivity contribution >= 4 is 11.0 Å². The highest BCUT2D eigenvalue weighted by atomic mass is 16.4. The molecule has 1 aliphatic carbocycles. The first-order valence-corrected chi connectivity index (χ1v) is 7.27. The van der Waals surface area contributed by atoms with Gasteiger partial charge in [-0.15, -0.1) is 0 Å². The Hall–Kier alpha value is -2.03. The van der Waals surface area contributed by atoms with Crippen molar-refractivity contribution in [3.8, 4) is 5.75 Å². The van der Waals surface area contributed by atoms with Crippen molar-refractivity contribution in [1.82, 2.24) is 0 Å². The molecule has 0 fully saturated rings. The molecule has 0 saturated heterocycles. The summed E-state index contributed by atoms with van der Waals surface area (Å²) < 4.78 is 5.12. The highest BCUT2D eigenvalue weighted by Gasteiger charge is 2.33. The Kier molecular flexibility index (Phi) is 2.97. The van der Waals surface area contributed by atoms with Gasteiger partial charge in [0.1, 0.15) is 11.3 Å². The topological polar surface area (TPSA) is 50.4 Å². The first-order valence-electron chi connectivity index (χ1n) is 7.27. The monoisotopic (exact) mass is 284 g/mol. The summed E-state index contributed by atoms with van der Waals surface area (Å²) in [5, 5.41) is 11.2. The van der Waals surface area contributed by atoms with Crippen LogP contribution in [0.5, 0.6) is 5.75 Å². The molecule has 1 aromatic heterocycles. The van der Waals surface area contributed by atoms with E-state index in [-0.39, 0.29) is 16.6 Å². The van der Waals surface area contributed by atoms with Gasteiger partial charge < -0.3 is 9.52 Å². The molecule has 0 amide bonds. The van der Waals surface area contributed by atoms with E-state index in [4.69, 9.17) is 4.42 Å². The predicted octanol–water partition coefficient (Wildman–Crippen LogP) is 4.13. The molecule has 3 rings (SSSR count). The van der Waals surface area contributed by atoms with Gasteiger partial charge >= 0.3 is 5.63 Å². The summed E-state index contributed by atoms with van der Waals surface area (Å²) in [6, 6.07) is 6.62. The summed E-state index contributed by atoms with van der Waals surface area (Å²) in [6.07, 6.45) is 6.47. The van der Waals surface area contributed by atoms with Gasteiger partial charge in [-0.3, -0.25) is 0 Å². The van der Waals surface area contributed by atoms with E-state index in [0.717, 1.165) is 23.8 Å². The zero-order chi connectivity index (χ0) is 15.3. The minimum Gasteiger partial charge on any atom is -0.507 e. The van der Waals surface area contributed by atoms with Gasteiger partial charge in [0.05, 0.1) is 0 Å². The van der Waals surface area contributed by atoms with Gasteiger partial charge in [0, 0.05) is 28.5 Å². The Morgan fingerprint density at radius 2 is 1.86 bits per heavy atom. The van der Waals surface area contributed by atoms with Crippen LogP contribution in [0.3, 0.4) is 0 Å². The van der Waals surface area contributed by atoms with Crippen molar-refractivity contribution < 1.29 is 9.52 Å². The van der Waals surface area contributed by atoms with E-state index in [1.54, 1.807) is 12.1 Å². The van der Waals surface area contributed by atoms with Crippen LogP contribution < -0.4 is 5.63 Å². The molecule has 0 aliphatic heterocycles. The second-order valence-electron chi connectivity index (χ2n) is 6.90. The third-order valence-electron chi connectivity index (χ3n) is 4.54. The zero-order valence-corrected chi connectivity index (χ0v) is 12.6. The summed E-state index contributed by atoms with van der Waals surface area (Å²) in [5.74, 6) is 0.184. The normalized spacial score (nSPS) is 24.3. The van der Waals surface area contributed by atoms with Crippen LogP contribution in [0.2, 0.25) is 0 Å². The van der Waals surface area contributed by atoms with Crippen molar-refractivity contribution in [1.29, 1.82) is 0 Å². The van der Waals surface area contributed by atoms with Crippen molar-refractivity contribution in [2.24, 2.45) is 5.41 Å². The van der Waals surface area contributed by atoms with E-state index in [9.17, 15) is 9.90 Å². The maximum Gasteiger partial charge on any atom is 0.336 e. The standard InChI is InChI=1S/C18H20O3/c1-17(2)6-8-18(3,9-7-17)13-10-12-4-5-16(20)21-15(12)11-14(13)19/h4-6,8,10-11,19H,7,9H2,1-3H3. The summed E-state index contributed by atoms with van der Waals surface area (Å²) >= 11 is 0. The lowest BCUT2D eigenvalue weighted by Gasteiger charge is -2.36. The molecular weight excluding hydrogens is 264 g/mol. The SMILES string of the molecule is CC1(C)C=CC(C)(c2cc3ccc(=O)oc3cc2O)CC1. The second-order valence-corrected chi connectivity index (χ2v) is 6.90. The van der Waals surface area contributed by atoms with Crippen LogP contribution in [0.25, 0.3) is 11.0 Å². The van der Waals surface area contributed by atoms with Gasteiger partial charge in [0.2, 0.25) is 0 Å². The molecule has 1 unspecified atom stereocenters. The fourth-order valence-electron chi connectivity index (χ4n) is 2.94. The molecule has 110 valence electrons. The van der Waals surface area contributed by atoms with Crippen LogP contribution in [0.1, 0.15) is 39.2 Å². The van der Waals surface area contributed by atoms with Crippen molar-refractivity contribution in [2.75, 3.05) is 0 Å². The number of benzene rings is 1. The van der Waals surface area contributed by atoms with E-state index >= 15 is 0 Å². The summed E-state index contributed by atoms with van der Waals surface area (Å²) in [7, 11) is 0. The molecule has 0 spiro atoms. The third-order valence-corrected chi connectivity index (χ3v) is 4.54. The van der Waals surface area contributed by atoms with Crippen molar-refractivity contribution in [3.05, 3.63) is 52.4 Å². The molecule has 3 nitrogen and oxygen atoms in total. The average Bonchev–Trinajstić information content (AvgIpc) is 2.41. The van der Waals surface area contributed by atoms with E-state index in [2.05, 4.69) is 32.9 Å². The fourth-order valence-corrected chi connectivity index (χ4v) is 2.94. The summed E-state index contributed by atoms with van der Waals surface area (Å²) in [4.78, 5) is 11.3. The van der Waals surface area contributed by atoms with Crippen LogP contribution in [0.15, 0.2) is 45.6 Å². The second kappa shape index (κ2) is 4.48. The average molecular weight is 284 g/mol. The smallest absolute Gasteiger partial charge is 0.336 e. The van der Waals surface area contributed by atoms with Crippen LogP contribution in [0.4, 0.5) is 0 Å². The zero-order valence-electron chi connectivity index (χ0n) is 12.6. The van der Waals surface area contributed by atoms with Crippen LogP contribution >= 0.6 is 0 Å². The number of phenolic OH excluding ortho intramolecular Hbond substituents is 1. The molecule has 0 bridgehead atoms. The Morgan fingerprint density at radius 1 is 1.10 bits per heavy atom. The highest BCUT2D eigenvalue weighted by Crippen LogP contribution is 2.44. The van der Waals surface area contributed by atoms with Gasteiger partial charge in [-0.1, -0.05) is 32.9 Å². The largest absolute Gasteiger partial charge is 0.507 e. The first kappa shape index (κ1) is 13.9. The molecule has 1 heterocycles. The molecule has 21 heavy (non-hydrogen) atoms. The van der Waals surface area contributed by atoms with Crippen molar-refractivity contribution in [2.45, 2.75) is 39.0 Å². The molecular formula is C18H20O3. The van der Waals surface area contributed by atoms with E-state index in [1.165, 1.54) is 6.07 Å². The van der Waals surface area contributed by atoms with Crippen LogP contribution in [-0.2, 0) is 5.41 Å². The number of rotatable bonds is 1. The van der Waals surface area contributed by atoms with Gasteiger partial charge in [-0.05, 0) is 30.4 Å². The lowest BCUT2D eigenvalue weighted by Crippen LogP contribution is -2.27. The predicted molar refractivity (Wildman–Crippen MR) is 83.7 cm³/mol. The minimum absolute atomic E-state index is 0.184. The first-order chi connectivity index (χ1) is 9.79. The highest BCUT2D eigenvalue weighted by molar-refractivity contribution is 5.80. The van der Waals surface area contributed by atoms with Gasteiger partial charge in [0.25, 0.3) is 0 Å². The molecule has 1 aromatic carbocycles. The molecule has 3 heteroatoms. The molecule has 1 atom stereocenters. The van der Waals surface area contributed by atoms with Gasteiger partial charge in [0.15, 0.2) is 0 Å². The number of allylic oxidation sites excluding steroid dienone is 2. The quantitative estimate of drug-likeness (QED) is 0.632. The van der Waals surface area contributed by atoms with Crippen LogP contribution in [0, 0.1) is 5.41 Å². The number of phenols is 1. The number of hydrogen-bond acceptors (Lipinski definition) is 3. The Morgan fingerprint density at radius 3 is 2.52 bits per heavy atom. The Bertz CT molecular complexity index is 783. The van der Waals surface area contributed by atoms with E-state index < -0.39 is 5.63 Å². The molecule has 1 N–H and O–H groups in total. The lowest BCUT2D eigenvalue weighted by atomic mass is 9.68. The number of fused-ring (bicyclic) bond motifs is 1. The van der Waals surface area contributed by atoms with Crippen molar-refractivity contribution in [3.63, 3.8) is 0 Å². The van der Waals surface area contributed by atoms with E-state index in [1.807, 2.05) is 6.07 Å². The number of hydrogen-bond donors (Lipinski definition) is 1. The molecule has 0 saturated carbocycles. The minimum atomic E-state index is -0.403. The molecule has 1 aliphatic rings. The third kappa shape index (κ3) is 2.48. The maximum absolute atomic E-state index is 11.3. The maximum atomic E-state index is 11.3. The van der Waals surface area contributed by atoms with Gasteiger partial charge in [-0.25, -0.2) is 4.79 Å². The molecule has 2 aromatic rings. The Labute approximate surface area is 123 Å². The molecule has 0 radical (unpaired) electrons. The van der Waals surface area contributed by atoms with E-state index in [0.29, 0.717) is 5.58 Å². The summed E-state index contributed by atoms with van der Waals surface area (Å²) in [6.45, 7) is 6.58. The van der Waals surface area contributed by atoms with Gasteiger partial charge in [-0.2, -0.15) is 0 Å². The number of aromatic hydroxyl groups is 1.